The molecular formula is C25H23N3O3. The van der Waals surface area contributed by atoms with Gasteiger partial charge in [0.25, 0.3) is 5.56 Å². The maximum absolute atomic E-state index is 12.5. The van der Waals surface area contributed by atoms with Crippen molar-refractivity contribution in [3.05, 3.63) is 101 Å². The second-order valence-corrected chi connectivity index (χ2v) is 7.06. The molecule has 0 aliphatic heterocycles. The highest BCUT2D eigenvalue weighted by atomic mass is 16.5. The van der Waals surface area contributed by atoms with Crippen molar-refractivity contribution in [1.29, 1.82) is 0 Å². The van der Waals surface area contributed by atoms with Gasteiger partial charge in [0.1, 0.15) is 12.2 Å². The van der Waals surface area contributed by atoms with E-state index in [9.17, 15) is 9.59 Å². The number of benzene rings is 2. The minimum absolute atomic E-state index is 0.0491. The summed E-state index contributed by atoms with van der Waals surface area (Å²) in [7, 11) is 0. The molecule has 2 aromatic heterocycles. The van der Waals surface area contributed by atoms with Crippen LogP contribution in [0.1, 0.15) is 12.6 Å². The Kier molecular flexibility index (Phi) is 6.08. The Bertz CT molecular complexity index is 1250. The molecule has 0 saturated heterocycles. The zero-order chi connectivity index (χ0) is 21.6. The lowest BCUT2D eigenvalue weighted by molar-refractivity contribution is -0.141. The molecule has 0 atom stereocenters. The lowest BCUT2D eigenvalue weighted by Crippen LogP contribution is -2.32. The Balaban J connectivity index is 1.76. The summed E-state index contributed by atoms with van der Waals surface area (Å²) in [6.45, 7) is 2.44. The molecule has 0 aliphatic carbocycles. The smallest absolute Gasteiger partial charge is 0.325 e. The number of hydrogen-bond acceptors (Lipinski definition) is 5. The van der Waals surface area contributed by atoms with E-state index in [1.807, 2.05) is 65.6 Å². The van der Waals surface area contributed by atoms with Gasteiger partial charge in [0.2, 0.25) is 0 Å². The van der Waals surface area contributed by atoms with Gasteiger partial charge in [0.05, 0.1) is 18.8 Å². The highest BCUT2D eigenvalue weighted by Gasteiger charge is 2.18. The maximum atomic E-state index is 12.5. The second kappa shape index (κ2) is 9.26. The number of anilines is 1. The third-order valence-corrected chi connectivity index (χ3v) is 4.93. The number of para-hydroxylation sites is 1. The van der Waals surface area contributed by atoms with Crippen LogP contribution >= 0.6 is 0 Å². The molecule has 4 aromatic rings. The van der Waals surface area contributed by atoms with Crippen molar-refractivity contribution in [3.63, 3.8) is 0 Å². The van der Waals surface area contributed by atoms with E-state index >= 15 is 0 Å². The van der Waals surface area contributed by atoms with Crippen molar-refractivity contribution < 1.29 is 9.53 Å². The Morgan fingerprint density at radius 1 is 1.00 bits per heavy atom. The molecule has 0 fully saturated rings. The fourth-order valence-corrected chi connectivity index (χ4v) is 3.58. The largest absolute Gasteiger partial charge is 0.465 e. The number of aromatic nitrogens is 2. The first kappa shape index (κ1) is 20.3. The molecule has 0 N–H and O–H groups in total. The number of ether oxygens (including phenoxy) is 1. The van der Waals surface area contributed by atoms with E-state index in [1.54, 1.807) is 25.3 Å². The quantitative estimate of drug-likeness (QED) is 0.430. The molecule has 0 radical (unpaired) electrons. The highest BCUT2D eigenvalue weighted by Crippen LogP contribution is 2.31. The average molecular weight is 413 g/mol. The summed E-state index contributed by atoms with van der Waals surface area (Å²) in [5, 5.41) is 0. The standard InChI is InChI=1S/C25H23N3O3/c1-2-31-25(30)18-27(17-20-16-24(29)28-15-9-8-14-23(28)26-20)22-13-7-6-12-21(22)19-10-4-3-5-11-19/h3-16H,2,17-18H2,1H3. The molecule has 4 rings (SSSR count). The number of pyridine rings is 1. The van der Waals surface area contributed by atoms with E-state index in [0.29, 0.717) is 24.5 Å². The van der Waals surface area contributed by atoms with E-state index < -0.39 is 0 Å². The van der Waals surface area contributed by atoms with Crippen LogP contribution in [0.15, 0.2) is 89.9 Å². The van der Waals surface area contributed by atoms with E-state index in [1.165, 1.54) is 10.5 Å². The number of carbonyl (C=O) groups is 1. The third kappa shape index (κ3) is 4.64. The monoisotopic (exact) mass is 413 g/mol. The normalized spacial score (nSPS) is 10.7. The SMILES string of the molecule is CCOC(=O)CN(Cc1cc(=O)n2ccccc2n1)c1ccccc1-c1ccccc1. The van der Waals surface area contributed by atoms with Crippen LogP contribution in [0.2, 0.25) is 0 Å². The number of hydrogen-bond donors (Lipinski definition) is 0. The summed E-state index contributed by atoms with van der Waals surface area (Å²) in [5.41, 5.74) is 3.90. The average Bonchev–Trinajstić information content (AvgIpc) is 2.79. The van der Waals surface area contributed by atoms with E-state index in [-0.39, 0.29) is 18.1 Å². The topological polar surface area (TPSA) is 63.9 Å². The van der Waals surface area contributed by atoms with Crippen molar-refractivity contribution in [2.45, 2.75) is 13.5 Å². The number of fused-ring (bicyclic) bond motifs is 1. The Hall–Kier alpha value is -3.93. The van der Waals surface area contributed by atoms with Gasteiger partial charge in [-0.15, -0.1) is 0 Å². The zero-order valence-corrected chi connectivity index (χ0v) is 17.3. The van der Waals surface area contributed by atoms with Crippen LogP contribution in [0.4, 0.5) is 5.69 Å². The van der Waals surface area contributed by atoms with Crippen LogP contribution in [0, 0.1) is 0 Å². The van der Waals surface area contributed by atoms with E-state index in [4.69, 9.17) is 4.74 Å². The van der Waals surface area contributed by atoms with Gasteiger partial charge in [-0.05, 0) is 30.7 Å². The first-order valence-electron chi connectivity index (χ1n) is 10.2. The van der Waals surface area contributed by atoms with Crippen molar-refractivity contribution in [2.75, 3.05) is 18.1 Å². The summed E-state index contributed by atoms with van der Waals surface area (Å²) in [6, 6.07) is 24.8. The molecule has 156 valence electrons. The van der Waals surface area contributed by atoms with Gasteiger partial charge in [0.15, 0.2) is 0 Å². The minimum Gasteiger partial charge on any atom is -0.465 e. The lowest BCUT2D eigenvalue weighted by atomic mass is 10.0. The molecule has 2 aromatic carbocycles. The maximum Gasteiger partial charge on any atom is 0.325 e. The van der Waals surface area contributed by atoms with Crippen LogP contribution in [0.5, 0.6) is 0 Å². The molecule has 0 spiro atoms. The van der Waals surface area contributed by atoms with Crippen LogP contribution in [-0.4, -0.2) is 28.5 Å². The number of esters is 1. The van der Waals surface area contributed by atoms with Gasteiger partial charge in [-0.1, -0.05) is 54.6 Å². The molecular weight excluding hydrogens is 390 g/mol. The van der Waals surface area contributed by atoms with Crippen molar-refractivity contribution in [3.8, 4) is 11.1 Å². The predicted octanol–water partition coefficient (Wildman–Crippen LogP) is 3.93. The summed E-state index contributed by atoms with van der Waals surface area (Å²) in [6.07, 6.45) is 1.69. The molecule has 0 bridgehead atoms. The molecule has 2 heterocycles. The van der Waals surface area contributed by atoms with Crippen LogP contribution in [0.25, 0.3) is 16.8 Å². The lowest BCUT2D eigenvalue weighted by Gasteiger charge is -2.26. The second-order valence-electron chi connectivity index (χ2n) is 7.06. The zero-order valence-electron chi connectivity index (χ0n) is 17.3. The summed E-state index contributed by atoms with van der Waals surface area (Å²) >= 11 is 0. The highest BCUT2D eigenvalue weighted by molar-refractivity contribution is 5.83. The van der Waals surface area contributed by atoms with Gasteiger partial charge >= 0.3 is 5.97 Å². The minimum atomic E-state index is -0.331. The summed E-state index contributed by atoms with van der Waals surface area (Å²) < 4.78 is 6.70. The molecule has 6 nitrogen and oxygen atoms in total. The fraction of sp³-hybridized carbons (Fsp3) is 0.160. The first-order chi connectivity index (χ1) is 15.2. The fourth-order valence-electron chi connectivity index (χ4n) is 3.58. The molecule has 6 heteroatoms. The van der Waals surface area contributed by atoms with Gasteiger partial charge in [0, 0.05) is 23.5 Å². The number of carbonyl (C=O) groups excluding carboxylic acids is 1. The number of rotatable bonds is 7. The van der Waals surface area contributed by atoms with Crippen molar-refractivity contribution in [1.82, 2.24) is 9.38 Å². The molecule has 31 heavy (non-hydrogen) atoms. The number of nitrogens with zero attached hydrogens (tertiary/aromatic N) is 3. The van der Waals surface area contributed by atoms with E-state index in [2.05, 4.69) is 4.98 Å². The van der Waals surface area contributed by atoms with Gasteiger partial charge in [-0.2, -0.15) is 0 Å². The van der Waals surface area contributed by atoms with Crippen molar-refractivity contribution >= 4 is 17.3 Å². The third-order valence-electron chi connectivity index (χ3n) is 4.93. The molecule has 0 amide bonds. The summed E-state index contributed by atoms with van der Waals surface area (Å²) in [4.78, 5) is 31.5. The van der Waals surface area contributed by atoms with E-state index in [0.717, 1.165) is 16.8 Å². The van der Waals surface area contributed by atoms with Gasteiger partial charge in [-0.3, -0.25) is 14.0 Å². The van der Waals surface area contributed by atoms with Crippen LogP contribution in [-0.2, 0) is 16.1 Å². The Labute approximate surface area is 180 Å². The Morgan fingerprint density at radius 3 is 2.55 bits per heavy atom. The first-order valence-corrected chi connectivity index (χ1v) is 10.2. The molecule has 0 unspecified atom stereocenters. The van der Waals surface area contributed by atoms with Crippen molar-refractivity contribution in [2.24, 2.45) is 0 Å². The van der Waals surface area contributed by atoms with Gasteiger partial charge in [-0.25, -0.2) is 4.98 Å². The molecule has 0 aliphatic rings. The summed E-state index contributed by atoms with van der Waals surface area (Å²) in [5.74, 6) is -0.331. The van der Waals surface area contributed by atoms with Crippen LogP contribution in [0.3, 0.4) is 0 Å². The molecule has 0 saturated carbocycles. The van der Waals surface area contributed by atoms with Crippen LogP contribution < -0.4 is 10.5 Å². The Morgan fingerprint density at radius 2 is 1.74 bits per heavy atom. The predicted molar refractivity (Wildman–Crippen MR) is 121 cm³/mol. The van der Waals surface area contributed by atoms with Gasteiger partial charge < -0.3 is 9.64 Å².